The minimum Gasteiger partial charge on any atom is -0.495 e. The Morgan fingerprint density at radius 2 is 2.41 bits per heavy atom. The van der Waals surface area contributed by atoms with Crippen LogP contribution in [0.15, 0.2) is 17.6 Å². The van der Waals surface area contributed by atoms with Crippen molar-refractivity contribution in [3.05, 3.63) is 23.2 Å². The predicted molar refractivity (Wildman–Crippen MR) is 67.8 cm³/mol. The number of carbonyl (C=O) groups excluding carboxylic acids is 1. The normalized spacial score (nSPS) is 10.5. The average molecular weight is 250 g/mol. The van der Waals surface area contributed by atoms with E-state index in [1.165, 1.54) is 11.3 Å². The molecule has 0 radical (unpaired) electrons. The van der Waals surface area contributed by atoms with Crippen LogP contribution in [0.4, 0.5) is 0 Å². The van der Waals surface area contributed by atoms with Gasteiger partial charge in [0.25, 0.3) is 0 Å². The number of aromatic nitrogens is 2. The highest BCUT2D eigenvalue weighted by Crippen LogP contribution is 2.35. The molecule has 2 rings (SSSR count). The number of hydrogen-bond donors (Lipinski definition) is 0. The molecule has 0 fully saturated rings. The summed E-state index contributed by atoms with van der Waals surface area (Å²) in [6, 6.07) is 1.88. The minimum atomic E-state index is 0.610. The number of hydrogen-bond acceptors (Lipinski definition) is 4. The fourth-order valence-corrected chi connectivity index (χ4v) is 2.54. The van der Waals surface area contributed by atoms with E-state index in [4.69, 9.17) is 4.74 Å². The lowest BCUT2D eigenvalue weighted by Crippen LogP contribution is -1.96. The number of aryl methyl sites for hydroxylation is 1. The molecule has 0 spiro atoms. The van der Waals surface area contributed by atoms with Gasteiger partial charge in [0.15, 0.2) is 6.29 Å². The first-order chi connectivity index (χ1) is 8.30. The predicted octanol–water partition coefficient (Wildman–Crippen LogP) is 2.84. The van der Waals surface area contributed by atoms with Gasteiger partial charge in [-0.25, -0.2) is 0 Å². The number of carbonyl (C=O) groups is 1. The maximum atomic E-state index is 11.1. The molecule has 2 aromatic rings. The molecular formula is C12H14N2O2S. The van der Waals surface area contributed by atoms with Gasteiger partial charge in [0.1, 0.15) is 11.4 Å². The van der Waals surface area contributed by atoms with Crippen LogP contribution < -0.4 is 4.74 Å². The molecule has 4 nitrogen and oxygen atoms in total. The van der Waals surface area contributed by atoms with Crippen molar-refractivity contribution >= 4 is 17.6 Å². The van der Waals surface area contributed by atoms with Gasteiger partial charge in [-0.2, -0.15) is 5.10 Å². The number of nitrogens with zero attached hydrogens (tertiary/aromatic N) is 2. The Kier molecular flexibility index (Phi) is 3.58. The summed E-state index contributed by atoms with van der Waals surface area (Å²) >= 11 is 1.53. The molecule has 2 heterocycles. The second kappa shape index (κ2) is 5.14. The lowest BCUT2D eigenvalue weighted by Gasteiger charge is -2.00. The number of rotatable bonds is 5. The van der Waals surface area contributed by atoms with Crippen LogP contribution in [0.2, 0.25) is 0 Å². The standard InChI is InChI=1S/C12H14N2O2S/c1-3-5-14-7-9(8-15)11(13-14)12-10(16-2)4-6-17-12/h4,6-8H,3,5H2,1-2H3. The quantitative estimate of drug-likeness (QED) is 0.766. The van der Waals surface area contributed by atoms with Crippen LogP contribution in [0.1, 0.15) is 23.7 Å². The highest BCUT2D eigenvalue weighted by Gasteiger charge is 2.15. The van der Waals surface area contributed by atoms with Gasteiger partial charge in [-0.1, -0.05) is 6.92 Å². The molecule has 0 unspecified atom stereocenters. The first-order valence-corrected chi connectivity index (χ1v) is 6.32. The summed E-state index contributed by atoms with van der Waals surface area (Å²) in [6.07, 6.45) is 3.61. The van der Waals surface area contributed by atoms with E-state index in [-0.39, 0.29) is 0 Å². The molecule has 0 aliphatic rings. The van der Waals surface area contributed by atoms with Crippen molar-refractivity contribution in [2.45, 2.75) is 19.9 Å². The van der Waals surface area contributed by atoms with Gasteiger partial charge in [0.05, 0.1) is 17.6 Å². The smallest absolute Gasteiger partial charge is 0.153 e. The Morgan fingerprint density at radius 3 is 3.06 bits per heavy atom. The van der Waals surface area contributed by atoms with Crippen LogP contribution in [0.3, 0.4) is 0 Å². The molecule has 5 heteroatoms. The van der Waals surface area contributed by atoms with Gasteiger partial charge in [0, 0.05) is 12.7 Å². The van der Waals surface area contributed by atoms with E-state index in [2.05, 4.69) is 12.0 Å². The molecule has 0 aromatic carbocycles. The van der Waals surface area contributed by atoms with E-state index in [9.17, 15) is 4.79 Å². The summed E-state index contributed by atoms with van der Waals surface area (Å²) in [7, 11) is 1.62. The third-order valence-corrected chi connectivity index (χ3v) is 3.34. The van der Waals surface area contributed by atoms with E-state index >= 15 is 0 Å². The molecule has 0 amide bonds. The number of ether oxygens (including phenoxy) is 1. The van der Waals surface area contributed by atoms with E-state index < -0.39 is 0 Å². The Morgan fingerprint density at radius 1 is 1.59 bits per heavy atom. The molecule has 0 N–H and O–H groups in total. The highest BCUT2D eigenvalue weighted by atomic mass is 32.1. The van der Waals surface area contributed by atoms with Crippen molar-refractivity contribution in [3.8, 4) is 16.3 Å². The Labute approximate surface area is 104 Å². The van der Waals surface area contributed by atoms with Crippen LogP contribution >= 0.6 is 11.3 Å². The van der Waals surface area contributed by atoms with Crippen molar-refractivity contribution in [1.82, 2.24) is 9.78 Å². The van der Waals surface area contributed by atoms with Gasteiger partial charge in [-0.15, -0.1) is 11.3 Å². The van der Waals surface area contributed by atoms with Crippen molar-refractivity contribution in [2.24, 2.45) is 0 Å². The number of aldehydes is 1. The zero-order valence-corrected chi connectivity index (χ0v) is 10.7. The van der Waals surface area contributed by atoms with Crippen molar-refractivity contribution < 1.29 is 9.53 Å². The summed E-state index contributed by atoms with van der Waals surface area (Å²) in [4.78, 5) is 12.0. The summed E-state index contributed by atoms with van der Waals surface area (Å²) in [5, 5.41) is 6.37. The number of thiophene rings is 1. The molecule has 17 heavy (non-hydrogen) atoms. The van der Waals surface area contributed by atoms with Gasteiger partial charge in [-0.05, 0) is 17.9 Å². The SMILES string of the molecule is CCCn1cc(C=O)c(-c2sccc2OC)n1. The van der Waals surface area contributed by atoms with E-state index in [0.29, 0.717) is 11.3 Å². The zero-order valence-electron chi connectivity index (χ0n) is 9.84. The molecule has 90 valence electrons. The summed E-state index contributed by atoms with van der Waals surface area (Å²) < 4.78 is 7.06. The van der Waals surface area contributed by atoms with Crippen molar-refractivity contribution in [3.63, 3.8) is 0 Å². The summed E-state index contributed by atoms with van der Waals surface area (Å²) in [5.74, 6) is 0.764. The number of methoxy groups -OCH3 is 1. The van der Waals surface area contributed by atoms with Gasteiger partial charge in [-0.3, -0.25) is 9.48 Å². The molecule has 2 aromatic heterocycles. The molecule has 0 aliphatic heterocycles. The topological polar surface area (TPSA) is 44.1 Å². The van der Waals surface area contributed by atoms with Gasteiger partial charge in [0.2, 0.25) is 0 Å². The second-order valence-electron chi connectivity index (χ2n) is 3.63. The molecule has 0 atom stereocenters. The lowest BCUT2D eigenvalue weighted by atomic mass is 10.2. The van der Waals surface area contributed by atoms with Crippen LogP contribution in [0, 0.1) is 0 Å². The van der Waals surface area contributed by atoms with Crippen LogP contribution in [0.25, 0.3) is 10.6 Å². The minimum absolute atomic E-state index is 0.610. The third-order valence-electron chi connectivity index (χ3n) is 2.43. The van der Waals surface area contributed by atoms with Crippen molar-refractivity contribution in [1.29, 1.82) is 0 Å². The Balaban J connectivity index is 2.46. The Hall–Kier alpha value is -1.62. The van der Waals surface area contributed by atoms with E-state index in [0.717, 1.165) is 29.9 Å². The van der Waals surface area contributed by atoms with E-state index in [1.54, 1.807) is 18.0 Å². The molecule has 0 saturated carbocycles. The average Bonchev–Trinajstić information content (AvgIpc) is 2.94. The van der Waals surface area contributed by atoms with E-state index in [1.807, 2.05) is 11.4 Å². The van der Waals surface area contributed by atoms with Crippen LogP contribution in [-0.2, 0) is 6.54 Å². The van der Waals surface area contributed by atoms with Gasteiger partial charge >= 0.3 is 0 Å². The lowest BCUT2D eigenvalue weighted by molar-refractivity contribution is 0.112. The monoisotopic (exact) mass is 250 g/mol. The fraction of sp³-hybridized carbons (Fsp3) is 0.333. The summed E-state index contributed by atoms with van der Waals surface area (Å²) in [5.41, 5.74) is 1.32. The molecule has 0 bridgehead atoms. The maximum Gasteiger partial charge on any atom is 0.153 e. The molecular weight excluding hydrogens is 236 g/mol. The largest absolute Gasteiger partial charge is 0.495 e. The Bertz CT molecular complexity index is 516. The highest BCUT2D eigenvalue weighted by molar-refractivity contribution is 7.14. The molecule has 0 aliphatic carbocycles. The molecule has 0 saturated heterocycles. The summed E-state index contributed by atoms with van der Waals surface area (Å²) in [6.45, 7) is 2.89. The van der Waals surface area contributed by atoms with Crippen LogP contribution in [0.5, 0.6) is 5.75 Å². The zero-order chi connectivity index (χ0) is 12.3. The fourth-order valence-electron chi connectivity index (χ4n) is 1.67. The first-order valence-electron chi connectivity index (χ1n) is 5.44. The second-order valence-corrected chi connectivity index (χ2v) is 4.55. The third kappa shape index (κ3) is 2.24. The first kappa shape index (κ1) is 11.9. The van der Waals surface area contributed by atoms with Crippen LogP contribution in [-0.4, -0.2) is 23.2 Å². The van der Waals surface area contributed by atoms with Gasteiger partial charge < -0.3 is 4.74 Å². The maximum absolute atomic E-state index is 11.1. The van der Waals surface area contributed by atoms with Crippen molar-refractivity contribution in [2.75, 3.05) is 7.11 Å².